The zero-order valence-corrected chi connectivity index (χ0v) is 11.8. The van der Waals surface area contributed by atoms with Gasteiger partial charge in [0.2, 0.25) is 0 Å². The van der Waals surface area contributed by atoms with Crippen molar-refractivity contribution in [1.29, 1.82) is 0 Å². The number of aromatic nitrogens is 3. The van der Waals surface area contributed by atoms with E-state index in [2.05, 4.69) is 19.9 Å². The van der Waals surface area contributed by atoms with Gasteiger partial charge in [-0.1, -0.05) is 0 Å². The standard InChI is InChI=1S/C12H18N4O2S/c1-16(9(5-17)6-19-2)4-8-3-13-11-10(8)14-7-15-12(11)18/h3,7,9,13,17H,4-6H2,1-2H3,(H,14,15,18). The second-order valence-electron chi connectivity index (χ2n) is 4.48. The Bertz CT molecular complexity index is 595. The second kappa shape index (κ2) is 6.23. The lowest BCUT2D eigenvalue weighted by Crippen LogP contribution is -2.36. The fourth-order valence-corrected chi connectivity index (χ4v) is 2.78. The molecule has 2 rings (SSSR count). The zero-order chi connectivity index (χ0) is 13.8. The Labute approximate surface area is 115 Å². The SMILES string of the molecule is CSCC(CO)N(C)Cc1c[nH]c2c(=O)[nH]cnc12. The van der Waals surface area contributed by atoms with Gasteiger partial charge in [-0.2, -0.15) is 11.8 Å². The molecule has 2 aromatic rings. The molecule has 0 aliphatic heterocycles. The Morgan fingerprint density at radius 3 is 3.00 bits per heavy atom. The summed E-state index contributed by atoms with van der Waals surface area (Å²) in [5, 5.41) is 9.38. The Morgan fingerprint density at radius 1 is 1.53 bits per heavy atom. The van der Waals surface area contributed by atoms with Crippen LogP contribution in [0.5, 0.6) is 0 Å². The first kappa shape index (κ1) is 14.1. The summed E-state index contributed by atoms with van der Waals surface area (Å²) in [6, 6.07) is 0.0990. The quantitative estimate of drug-likeness (QED) is 0.714. The third-order valence-electron chi connectivity index (χ3n) is 3.16. The molecule has 104 valence electrons. The van der Waals surface area contributed by atoms with Crippen LogP contribution in [0.25, 0.3) is 11.0 Å². The van der Waals surface area contributed by atoms with Crippen LogP contribution >= 0.6 is 11.8 Å². The summed E-state index contributed by atoms with van der Waals surface area (Å²) in [5.41, 5.74) is 1.98. The highest BCUT2D eigenvalue weighted by atomic mass is 32.2. The van der Waals surface area contributed by atoms with Gasteiger partial charge >= 0.3 is 0 Å². The van der Waals surface area contributed by atoms with Gasteiger partial charge in [-0.05, 0) is 13.3 Å². The van der Waals surface area contributed by atoms with Crippen LogP contribution in [0.3, 0.4) is 0 Å². The monoisotopic (exact) mass is 282 g/mol. The third kappa shape index (κ3) is 2.99. The number of hydrogen-bond donors (Lipinski definition) is 3. The van der Waals surface area contributed by atoms with Crippen molar-refractivity contribution in [2.24, 2.45) is 0 Å². The highest BCUT2D eigenvalue weighted by Crippen LogP contribution is 2.15. The van der Waals surface area contributed by atoms with Crippen LogP contribution in [-0.2, 0) is 6.54 Å². The lowest BCUT2D eigenvalue weighted by Gasteiger charge is -2.25. The molecule has 0 spiro atoms. The van der Waals surface area contributed by atoms with Crippen molar-refractivity contribution in [2.75, 3.05) is 25.7 Å². The Hall–Kier alpha value is -1.31. The number of aliphatic hydroxyl groups excluding tert-OH is 1. The number of fused-ring (bicyclic) bond motifs is 1. The number of aliphatic hydroxyl groups is 1. The van der Waals surface area contributed by atoms with Gasteiger partial charge in [0.1, 0.15) is 5.52 Å². The molecule has 19 heavy (non-hydrogen) atoms. The van der Waals surface area contributed by atoms with Crippen LogP contribution < -0.4 is 5.56 Å². The summed E-state index contributed by atoms with van der Waals surface area (Å²) < 4.78 is 0. The number of aromatic amines is 2. The van der Waals surface area contributed by atoms with Gasteiger partial charge in [0, 0.05) is 30.1 Å². The first-order valence-corrected chi connectivity index (χ1v) is 7.40. The van der Waals surface area contributed by atoms with Gasteiger partial charge in [-0.3, -0.25) is 9.69 Å². The summed E-state index contributed by atoms with van der Waals surface area (Å²) in [6.45, 7) is 0.760. The molecule has 2 aromatic heterocycles. The molecule has 7 heteroatoms. The van der Waals surface area contributed by atoms with E-state index < -0.39 is 0 Å². The van der Waals surface area contributed by atoms with E-state index in [1.807, 2.05) is 13.3 Å². The Morgan fingerprint density at radius 2 is 2.32 bits per heavy atom. The molecule has 0 aromatic carbocycles. The zero-order valence-electron chi connectivity index (χ0n) is 11.0. The lowest BCUT2D eigenvalue weighted by molar-refractivity contribution is 0.157. The van der Waals surface area contributed by atoms with Crippen LogP contribution in [0.1, 0.15) is 5.56 Å². The summed E-state index contributed by atoms with van der Waals surface area (Å²) in [5.74, 6) is 0.864. The molecule has 6 nitrogen and oxygen atoms in total. The number of thioether (sulfide) groups is 1. The molecule has 0 saturated heterocycles. The first-order chi connectivity index (χ1) is 9.17. The van der Waals surface area contributed by atoms with Gasteiger partial charge in [0.25, 0.3) is 5.56 Å². The molecule has 0 amide bonds. The van der Waals surface area contributed by atoms with Crippen molar-refractivity contribution in [3.8, 4) is 0 Å². The summed E-state index contributed by atoms with van der Waals surface area (Å²) in [6.07, 6.45) is 5.23. The van der Waals surface area contributed by atoms with Crippen molar-refractivity contribution >= 4 is 22.8 Å². The smallest absolute Gasteiger partial charge is 0.275 e. The van der Waals surface area contributed by atoms with E-state index in [9.17, 15) is 9.90 Å². The predicted octanol–water partition coefficient (Wildman–Crippen LogP) is 0.407. The van der Waals surface area contributed by atoms with E-state index in [4.69, 9.17) is 0 Å². The molecule has 0 aliphatic rings. The molecule has 0 bridgehead atoms. The fraction of sp³-hybridized carbons (Fsp3) is 0.500. The third-order valence-corrected chi connectivity index (χ3v) is 3.88. The van der Waals surface area contributed by atoms with Crippen LogP contribution in [0.4, 0.5) is 0 Å². The molecule has 1 atom stereocenters. The van der Waals surface area contributed by atoms with E-state index in [1.165, 1.54) is 6.33 Å². The normalized spacial score (nSPS) is 13.3. The number of likely N-dealkylation sites (N-methyl/N-ethyl adjacent to an activating group) is 1. The van der Waals surface area contributed by atoms with Crippen molar-refractivity contribution in [1.82, 2.24) is 19.9 Å². The van der Waals surface area contributed by atoms with Crippen LogP contribution in [0.2, 0.25) is 0 Å². The average Bonchev–Trinajstić information content (AvgIpc) is 2.80. The van der Waals surface area contributed by atoms with Crippen LogP contribution in [0.15, 0.2) is 17.3 Å². The predicted molar refractivity (Wildman–Crippen MR) is 77.4 cm³/mol. The topological polar surface area (TPSA) is 85.0 Å². The van der Waals surface area contributed by atoms with Gasteiger partial charge in [-0.15, -0.1) is 0 Å². The summed E-state index contributed by atoms with van der Waals surface area (Å²) in [4.78, 5) is 23.4. The number of H-pyrrole nitrogens is 2. The minimum Gasteiger partial charge on any atom is -0.395 e. The average molecular weight is 282 g/mol. The maximum absolute atomic E-state index is 11.6. The molecular formula is C12H18N4O2S. The summed E-state index contributed by atoms with van der Waals surface area (Å²) >= 11 is 1.70. The van der Waals surface area contributed by atoms with Crippen molar-refractivity contribution < 1.29 is 5.11 Å². The van der Waals surface area contributed by atoms with Gasteiger partial charge in [0.15, 0.2) is 0 Å². The summed E-state index contributed by atoms with van der Waals surface area (Å²) in [7, 11) is 1.96. The molecular weight excluding hydrogens is 264 g/mol. The highest BCUT2D eigenvalue weighted by molar-refractivity contribution is 7.98. The van der Waals surface area contributed by atoms with Crippen LogP contribution in [-0.4, -0.2) is 56.7 Å². The number of hydrogen-bond acceptors (Lipinski definition) is 5. The minimum absolute atomic E-state index is 0.0990. The Kier molecular flexibility index (Phi) is 4.62. The first-order valence-electron chi connectivity index (χ1n) is 6.01. The highest BCUT2D eigenvalue weighted by Gasteiger charge is 2.16. The molecule has 2 heterocycles. The van der Waals surface area contributed by atoms with E-state index in [-0.39, 0.29) is 18.2 Å². The van der Waals surface area contributed by atoms with Crippen molar-refractivity contribution in [3.63, 3.8) is 0 Å². The second-order valence-corrected chi connectivity index (χ2v) is 5.39. The molecule has 1 unspecified atom stereocenters. The molecule has 0 fully saturated rings. The fourth-order valence-electron chi connectivity index (χ4n) is 2.03. The number of nitrogens with zero attached hydrogens (tertiary/aromatic N) is 2. The van der Waals surface area contributed by atoms with E-state index in [1.54, 1.807) is 18.0 Å². The van der Waals surface area contributed by atoms with E-state index >= 15 is 0 Å². The van der Waals surface area contributed by atoms with E-state index in [0.29, 0.717) is 17.6 Å². The largest absolute Gasteiger partial charge is 0.395 e. The number of rotatable bonds is 6. The molecule has 0 radical (unpaired) electrons. The van der Waals surface area contributed by atoms with Gasteiger partial charge in [0.05, 0.1) is 18.5 Å². The van der Waals surface area contributed by atoms with Crippen LogP contribution in [0, 0.1) is 0 Å². The van der Waals surface area contributed by atoms with E-state index in [0.717, 1.165) is 11.3 Å². The molecule has 3 N–H and O–H groups in total. The maximum Gasteiger partial charge on any atom is 0.275 e. The minimum atomic E-state index is -0.165. The lowest BCUT2D eigenvalue weighted by atomic mass is 10.2. The maximum atomic E-state index is 11.6. The van der Waals surface area contributed by atoms with Crippen molar-refractivity contribution in [2.45, 2.75) is 12.6 Å². The van der Waals surface area contributed by atoms with Gasteiger partial charge in [-0.25, -0.2) is 4.98 Å². The van der Waals surface area contributed by atoms with Crippen molar-refractivity contribution in [3.05, 3.63) is 28.4 Å². The molecule has 0 saturated carbocycles. The Balaban J connectivity index is 2.21. The van der Waals surface area contributed by atoms with Gasteiger partial charge < -0.3 is 15.1 Å². The molecule has 0 aliphatic carbocycles. The number of nitrogens with one attached hydrogen (secondary N) is 2.